The van der Waals surface area contributed by atoms with Crippen molar-refractivity contribution in [3.8, 4) is 0 Å². The van der Waals surface area contributed by atoms with Gasteiger partial charge < -0.3 is 24.2 Å². The first kappa shape index (κ1) is 27.3. The second-order valence-electron chi connectivity index (χ2n) is 9.00. The van der Waals surface area contributed by atoms with Gasteiger partial charge in [0.15, 0.2) is 0 Å². The third-order valence-corrected chi connectivity index (χ3v) is 8.74. The van der Waals surface area contributed by atoms with E-state index >= 15 is 0 Å². The van der Waals surface area contributed by atoms with Gasteiger partial charge in [-0.05, 0) is 51.3 Å². The van der Waals surface area contributed by atoms with E-state index in [4.69, 9.17) is 18.9 Å². The lowest BCUT2D eigenvalue weighted by molar-refractivity contribution is -0.158. The maximum atomic E-state index is 13.5. The van der Waals surface area contributed by atoms with Crippen molar-refractivity contribution in [3.63, 3.8) is 0 Å². The number of esters is 1. The summed E-state index contributed by atoms with van der Waals surface area (Å²) >= 11 is 0. The van der Waals surface area contributed by atoms with Crippen molar-refractivity contribution in [2.75, 3.05) is 27.3 Å². The van der Waals surface area contributed by atoms with Gasteiger partial charge in [-0.3, -0.25) is 23.8 Å². The Kier molecular flexibility index (Phi) is 9.86. The first-order valence-corrected chi connectivity index (χ1v) is 13.6. The van der Waals surface area contributed by atoms with E-state index in [1.54, 1.807) is 24.3 Å². The molecule has 2 fully saturated rings. The number of nitrogens with one attached hydrogen (secondary N) is 1. The number of piperidine rings is 1. The maximum absolute atomic E-state index is 13.5. The maximum Gasteiger partial charge on any atom is 0.361 e. The van der Waals surface area contributed by atoms with Crippen molar-refractivity contribution in [3.05, 3.63) is 30.3 Å². The Morgan fingerprint density at radius 1 is 1.14 bits per heavy atom. The number of hydrogen-bond donors (Lipinski definition) is 2. The normalized spacial score (nSPS) is 25.5. The fraction of sp³-hybridized carbons (Fsp3) is 0.625. The molecule has 194 valence electrons. The average molecular weight is 511 g/mol. The van der Waals surface area contributed by atoms with Crippen LogP contribution in [-0.2, 0) is 32.7 Å². The predicted octanol–water partition coefficient (Wildman–Crippen LogP) is 2.32. The summed E-state index contributed by atoms with van der Waals surface area (Å²) < 4.78 is 30.6. The minimum absolute atomic E-state index is 0.0548. The number of carbonyl (C=O) groups is 3. The van der Waals surface area contributed by atoms with Crippen molar-refractivity contribution in [1.82, 2.24) is 10.2 Å². The van der Waals surface area contributed by atoms with Crippen LogP contribution in [0.4, 0.5) is 0 Å². The van der Waals surface area contributed by atoms with Crippen LogP contribution in [0.2, 0.25) is 0 Å². The lowest BCUT2D eigenvalue weighted by Crippen LogP contribution is -2.53. The summed E-state index contributed by atoms with van der Waals surface area (Å²) in [6.07, 6.45) is 2.64. The van der Waals surface area contributed by atoms with Crippen molar-refractivity contribution < 1.29 is 37.8 Å². The first-order valence-electron chi connectivity index (χ1n) is 12.0. The molecule has 5 atom stereocenters. The third-order valence-electron chi connectivity index (χ3n) is 6.78. The van der Waals surface area contributed by atoms with E-state index < -0.39 is 25.6 Å². The van der Waals surface area contributed by atoms with Gasteiger partial charge in [0.25, 0.3) is 0 Å². The van der Waals surface area contributed by atoms with E-state index in [1.165, 1.54) is 7.11 Å². The highest BCUT2D eigenvalue weighted by Gasteiger charge is 2.52. The van der Waals surface area contributed by atoms with Crippen LogP contribution in [0.3, 0.4) is 0 Å². The van der Waals surface area contributed by atoms with Gasteiger partial charge in [0.05, 0.1) is 30.4 Å². The van der Waals surface area contributed by atoms with Crippen molar-refractivity contribution in [1.29, 1.82) is 0 Å². The lowest BCUT2D eigenvalue weighted by Gasteiger charge is -2.42. The summed E-state index contributed by atoms with van der Waals surface area (Å²) in [5, 5.41) is 11.7. The third kappa shape index (κ3) is 7.13. The van der Waals surface area contributed by atoms with Crippen LogP contribution in [0, 0.1) is 5.92 Å². The van der Waals surface area contributed by atoms with Crippen LogP contribution in [0.15, 0.2) is 30.3 Å². The van der Waals surface area contributed by atoms with Gasteiger partial charge in [0.2, 0.25) is 5.91 Å². The Balaban J connectivity index is 1.55. The number of aliphatic carboxylic acids is 1. The zero-order valence-corrected chi connectivity index (χ0v) is 21.2. The molecule has 2 saturated heterocycles. The Morgan fingerprint density at radius 2 is 1.89 bits per heavy atom. The van der Waals surface area contributed by atoms with Crippen molar-refractivity contribution >= 4 is 30.7 Å². The molecule has 10 nitrogen and oxygen atoms in total. The summed E-state index contributed by atoms with van der Waals surface area (Å²) in [6.45, 7) is 0.569. The second-order valence-corrected chi connectivity index (χ2v) is 11.1. The molecule has 0 radical (unpaired) electrons. The highest BCUT2D eigenvalue weighted by molar-refractivity contribution is 7.62. The molecular weight excluding hydrogens is 475 g/mol. The molecule has 3 rings (SSSR count). The van der Waals surface area contributed by atoms with Crippen LogP contribution in [0.1, 0.15) is 44.9 Å². The number of carboxylic acids is 1. The molecule has 2 unspecified atom stereocenters. The molecule has 1 aromatic rings. The van der Waals surface area contributed by atoms with E-state index in [1.807, 2.05) is 13.1 Å². The number of benzene rings is 1. The van der Waals surface area contributed by atoms with Gasteiger partial charge in [-0.2, -0.15) is 0 Å². The molecule has 2 N–H and O–H groups in total. The van der Waals surface area contributed by atoms with E-state index in [9.17, 15) is 18.9 Å². The molecule has 0 saturated carbocycles. The average Bonchev–Trinajstić information content (AvgIpc) is 3.08. The molecule has 0 spiro atoms. The number of carbonyl (C=O) groups excluding carboxylic acids is 2. The molecule has 2 aliphatic rings. The number of rotatable bonds is 13. The number of nitrogens with zero attached hydrogens (tertiary/aromatic N) is 1. The highest BCUT2D eigenvalue weighted by atomic mass is 31.2. The lowest BCUT2D eigenvalue weighted by atomic mass is 9.88. The van der Waals surface area contributed by atoms with Crippen molar-refractivity contribution in [2.24, 2.45) is 5.92 Å². The van der Waals surface area contributed by atoms with Gasteiger partial charge in [-0.25, -0.2) is 0 Å². The largest absolute Gasteiger partial charge is 0.481 e. The number of unbranched alkanes of at least 4 members (excludes halogenated alkanes) is 1. The molecule has 11 heteroatoms. The molecule has 35 heavy (non-hydrogen) atoms. The molecule has 2 aliphatic heterocycles. The van der Waals surface area contributed by atoms with E-state index in [2.05, 4.69) is 10.2 Å². The van der Waals surface area contributed by atoms with Crippen LogP contribution in [0.25, 0.3) is 0 Å². The monoisotopic (exact) mass is 510 g/mol. The highest BCUT2D eigenvalue weighted by Crippen LogP contribution is 2.52. The van der Waals surface area contributed by atoms with Crippen LogP contribution >= 0.6 is 7.60 Å². The number of hydrogen-bond acceptors (Lipinski definition) is 8. The summed E-state index contributed by atoms with van der Waals surface area (Å²) in [5.41, 5.74) is 0. The zero-order valence-electron chi connectivity index (χ0n) is 20.3. The van der Waals surface area contributed by atoms with Crippen LogP contribution in [0.5, 0.6) is 0 Å². The number of ether oxygens (including phenoxy) is 1. The SMILES string of the molecule is CO[P@](=O)(O[C@H]1CC2CCC([C@H]1C(=O)OCCCCNC(=O)CCC(=O)O)N2C)c1ccccc1. The smallest absolute Gasteiger partial charge is 0.361 e. The first-order chi connectivity index (χ1) is 16.7. The number of amides is 1. The molecular formula is C24H35N2O8P. The summed E-state index contributed by atoms with van der Waals surface area (Å²) in [5.74, 6) is -2.29. The summed E-state index contributed by atoms with van der Waals surface area (Å²) in [7, 11) is -0.257. The fourth-order valence-electron chi connectivity index (χ4n) is 4.87. The predicted molar refractivity (Wildman–Crippen MR) is 128 cm³/mol. The van der Waals surface area contributed by atoms with Crippen LogP contribution < -0.4 is 10.6 Å². The summed E-state index contributed by atoms with van der Waals surface area (Å²) in [4.78, 5) is 37.4. The number of carboxylic acid groups (broad SMARTS) is 1. The standard InChI is InChI=1S/C24H35N2O8P/c1-26-17-10-11-19(26)23(20(16-17)34-35(31,32-2)18-8-4-3-5-9-18)24(30)33-15-7-6-14-25-21(27)12-13-22(28)29/h3-5,8-9,17,19-20,23H,6-7,10-16H2,1-2H3,(H,25,27)(H,28,29)/t17?,19?,20-,23+,35-/m0/s1. The topological polar surface area (TPSA) is 131 Å². The molecule has 1 amide bonds. The van der Waals surface area contributed by atoms with Gasteiger partial charge in [0, 0.05) is 32.2 Å². The van der Waals surface area contributed by atoms with Gasteiger partial charge >= 0.3 is 19.5 Å². The van der Waals surface area contributed by atoms with Gasteiger partial charge in [0.1, 0.15) is 0 Å². The molecule has 2 bridgehead atoms. The van der Waals surface area contributed by atoms with Gasteiger partial charge in [-0.1, -0.05) is 18.2 Å². The van der Waals surface area contributed by atoms with Gasteiger partial charge in [-0.15, -0.1) is 0 Å². The van der Waals surface area contributed by atoms with Crippen LogP contribution in [-0.4, -0.2) is 73.3 Å². The fourth-order valence-corrected chi connectivity index (χ4v) is 6.40. The molecule has 0 aliphatic carbocycles. The quantitative estimate of drug-likeness (QED) is 0.233. The van der Waals surface area contributed by atoms with E-state index in [0.29, 0.717) is 31.1 Å². The Bertz CT molecular complexity index is 927. The number of fused-ring (bicyclic) bond motifs is 2. The molecule has 0 aromatic heterocycles. The zero-order chi connectivity index (χ0) is 25.4. The van der Waals surface area contributed by atoms with Crippen molar-refractivity contribution in [2.45, 2.75) is 63.1 Å². The van der Waals surface area contributed by atoms with E-state index in [-0.39, 0.29) is 43.4 Å². The Labute approximate surface area is 205 Å². The second kappa shape index (κ2) is 12.6. The summed E-state index contributed by atoms with van der Waals surface area (Å²) in [6, 6.07) is 8.94. The Hall–Kier alpha value is -2.26. The minimum atomic E-state index is -3.61. The Morgan fingerprint density at radius 3 is 2.57 bits per heavy atom. The minimum Gasteiger partial charge on any atom is -0.481 e. The molecule has 1 aromatic carbocycles. The van der Waals surface area contributed by atoms with E-state index in [0.717, 1.165) is 12.8 Å². The molecule has 2 heterocycles.